The summed E-state index contributed by atoms with van der Waals surface area (Å²) in [5.41, 5.74) is 1.48. The monoisotopic (exact) mass is 345 g/mol. The minimum atomic E-state index is -0.149. The van der Waals surface area contributed by atoms with Gasteiger partial charge in [0.2, 0.25) is 5.56 Å². The van der Waals surface area contributed by atoms with Crippen LogP contribution in [0.2, 0.25) is 0 Å². The predicted octanol–water partition coefficient (Wildman–Crippen LogP) is 2.95. The molecule has 1 aliphatic rings. The summed E-state index contributed by atoms with van der Waals surface area (Å²) in [6.45, 7) is 0.351. The molecule has 5 nitrogen and oxygen atoms in total. The summed E-state index contributed by atoms with van der Waals surface area (Å²) in [6, 6.07) is 9.41. The van der Waals surface area contributed by atoms with Gasteiger partial charge in [0.25, 0.3) is 0 Å². The Morgan fingerprint density at radius 2 is 2.17 bits per heavy atom. The highest BCUT2D eigenvalue weighted by Crippen LogP contribution is 2.31. The minimum absolute atomic E-state index is 0.0784. The SMILES string of the molecule is CS[C@@H]1CCC[C@H]1N(C)C(=O)NCc1cc(=O)[nH]c2ccccc12. The van der Waals surface area contributed by atoms with Crippen LogP contribution < -0.4 is 10.9 Å². The molecule has 1 aromatic heterocycles. The molecule has 0 unspecified atom stereocenters. The van der Waals surface area contributed by atoms with Crippen molar-refractivity contribution >= 4 is 28.7 Å². The zero-order valence-corrected chi connectivity index (χ0v) is 14.9. The molecule has 2 N–H and O–H groups in total. The second-order valence-electron chi connectivity index (χ2n) is 6.25. The maximum atomic E-state index is 12.5. The van der Waals surface area contributed by atoms with Gasteiger partial charge in [-0.1, -0.05) is 24.6 Å². The largest absolute Gasteiger partial charge is 0.334 e. The number of para-hydroxylation sites is 1. The molecule has 0 spiro atoms. The topological polar surface area (TPSA) is 65.2 Å². The number of fused-ring (bicyclic) bond motifs is 1. The summed E-state index contributed by atoms with van der Waals surface area (Å²) in [4.78, 5) is 28.9. The number of hydrogen-bond donors (Lipinski definition) is 2. The van der Waals surface area contributed by atoms with E-state index in [4.69, 9.17) is 0 Å². The standard InChI is InChI=1S/C18H23N3O2S/c1-21(15-8-5-9-16(15)24-2)18(23)19-11-12-10-17(22)20-14-7-4-3-6-13(12)14/h3-4,6-7,10,15-16H,5,8-9,11H2,1-2H3,(H,19,23)(H,20,22)/t15-,16-/m1/s1. The highest BCUT2D eigenvalue weighted by atomic mass is 32.2. The molecule has 0 radical (unpaired) electrons. The van der Waals surface area contributed by atoms with Crippen molar-refractivity contribution in [1.29, 1.82) is 0 Å². The van der Waals surface area contributed by atoms with Crippen molar-refractivity contribution in [3.8, 4) is 0 Å². The number of thioether (sulfide) groups is 1. The predicted molar refractivity (Wildman–Crippen MR) is 99.5 cm³/mol. The number of carbonyl (C=O) groups is 1. The molecule has 2 amide bonds. The van der Waals surface area contributed by atoms with Crippen molar-refractivity contribution in [2.45, 2.75) is 37.1 Å². The average Bonchev–Trinajstić information content (AvgIpc) is 3.07. The number of urea groups is 1. The molecular weight excluding hydrogens is 322 g/mol. The molecule has 0 aliphatic heterocycles. The number of carbonyl (C=O) groups excluding carboxylic acids is 1. The first kappa shape index (κ1) is 16.9. The number of nitrogens with zero attached hydrogens (tertiary/aromatic N) is 1. The highest BCUT2D eigenvalue weighted by Gasteiger charge is 2.32. The first-order valence-electron chi connectivity index (χ1n) is 8.24. The molecular formula is C18H23N3O2S. The summed E-state index contributed by atoms with van der Waals surface area (Å²) in [5, 5.41) is 4.44. The second kappa shape index (κ2) is 7.30. The number of benzene rings is 1. The van der Waals surface area contributed by atoms with E-state index in [1.165, 1.54) is 12.8 Å². The Morgan fingerprint density at radius 1 is 1.38 bits per heavy atom. The van der Waals surface area contributed by atoms with E-state index >= 15 is 0 Å². The first-order chi connectivity index (χ1) is 11.6. The van der Waals surface area contributed by atoms with Crippen LogP contribution >= 0.6 is 11.8 Å². The molecule has 2 atom stereocenters. The lowest BCUT2D eigenvalue weighted by Gasteiger charge is -2.29. The van der Waals surface area contributed by atoms with Crippen molar-refractivity contribution in [3.05, 3.63) is 46.2 Å². The van der Waals surface area contributed by atoms with Crippen molar-refractivity contribution in [2.75, 3.05) is 13.3 Å². The number of rotatable bonds is 4. The van der Waals surface area contributed by atoms with Gasteiger partial charge in [0.05, 0.1) is 0 Å². The molecule has 0 saturated heterocycles. The van der Waals surface area contributed by atoms with Gasteiger partial charge in [-0.05, 0) is 30.7 Å². The van der Waals surface area contributed by atoms with Crippen LogP contribution in [0.3, 0.4) is 0 Å². The zero-order valence-electron chi connectivity index (χ0n) is 14.0. The Labute approximate surface area is 145 Å². The van der Waals surface area contributed by atoms with Gasteiger partial charge in [-0.15, -0.1) is 0 Å². The maximum absolute atomic E-state index is 12.5. The summed E-state index contributed by atoms with van der Waals surface area (Å²) in [5.74, 6) is 0. The van der Waals surface area contributed by atoms with E-state index in [0.717, 1.165) is 22.9 Å². The van der Waals surface area contributed by atoms with Gasteiger partial charge >= 0.3 is 6.03 Å². The summed E-state index contributed by atoms with van der Waals surface area (Å²) < 4.78 is 0. The number of amides is 2. The van der Waals surface area contributed by atoms with E-state index in [9.17, 15) is 9.59 Å². The van der Waals surface area contributed by atoms with E-state index in [1.54, 1.807) is 6.07 Å². The van der Waals surface area contributed by atoms with Gasteiger partial charge in [0.15, 0.2) is 0 Å². The normalized spacial score (nSPS) is 20.2. The van der Waals surface area contributed by atoms with Crippen LogP contribution in [0.1, 0.15) is 24.8 Å². The van der Waals surface area contributed by atoms with Crippen LogP contribution in [-0.4, -0.2) is 40.5 Å². The Morgan fingerprint density at radius 3 is 2.96 bits per heavy atom. The lowest BCUT2D eigenvalue weighted by atomic mass is 10.1. The summed E-state index contributed by atoms with van der Waals surface area (Å²) in [7, 11) is 1.87. The van der Waals surface area contributed by atoms with Crippen molar-refractivity contribution < 1.29 is 4.79 Å². The minimum Gasteiger partial charge on any atom is -0.334 e. The molecule has 1 aromatic carbocycles. The molecule has 24 heavy (non-hydrogen) atoms. The number of H-pyrrole nitrogens is 1. The van der Waals surface area contributed by atoms with E-state index < -0.39 is 0 Å². The Bertz CT molecular complexity index is 789. The molecule has 1 heterocycles. The fourth-order valence-corrected chi connectivity index (χ4v) is 4.53. The molecule has 6 heteroatoms. The van der Waals surface area contributed by atoms with Crippen LogP contribution in [0.4, 0.5) is 4.79 Å². The Hall–Kier alpha value is -1.95. The molecule has 1 saturated carbocycles. The van der Waals surface area contributed by atoms with E-state index in [2.05, 4.69) is 16.6 Å². The van der Waals surface area contributed by atoms with Crippen LogP contribution in [0.5, 0.6) is 0 Å². The molecule has 128 valence electrons. The molecule has 1 aliphatic carbocycles. The van der Waals surface area contributed by atoms with E-state index in [0.29, 0.717) is 11.8 Å². The Balaban J connectivity index is 1.71. The second-order valence-corrected chi connectivity index (χ2v) is 7.32. The number of hydrogen-bond acceptors (Lipinski definition) is 3. The van der Waals surface area contributed by atoms with Crippen LogP contribution in [0.25, 0.3) is 10.9 Å². The van der Waals surface area contributed by atoms with E-state index in [-0.39, 0.29) is 17.6 Å². The van der Waals surface area contributed by atoms with Crippen molar-refractivity contribution in [2.24, 2.45) is 0 Å². The lowest BCUT2D eigenvalue weighted by molar-refractivity contribution is 0.191. The number of pyridine rings is 1. The van der Waals surface area contributed by atoms with Crippen molar-refractivity contribution in [3.63, 3.8) is 0 Å². The summed E-state index contributed by atoms with van der Waals surface area (Å²) in [6.07, 6.45) is 5.51. The quantitative estimate of drug-likeness (QED) is 0.895. The third kappa shape index (κ3) is 3.43. The molecule has 1 fully saturated rings. The first-order valence-corrected chi connectivity index (χ1v) is 9.53. The van der Waals surface area contributed by atoms with Crippen LogP contribution in [0, 0.1) is 0 Å². The highest BCUT2D eigenvalue weighted by molar-refractivity contribution is 7.99. The van der Waals surface area contributed by atoms with Gasteiger partial charge in [-0.2, -0.15) is 11.8 Å². The third-order valence-electron chi connectivity index (χ3n) is 4.80. The number of aromatic amines is 1. The maximum Gasteiger partial charge on any atom is 0.317 e. The average molecular weight is 345 g/mol. The van der Waals surface area contributed by atoms with Crippen LogP contribution in [0.15, 0.2) is 35.1 Å². The smallest absolute Gasteiger partial charge is 0.317 e. The zero-order chi connectivity index (χ0) is 17.1. The van der Waals surface area contributed by atoms with Gasteiger partial charge in [0.1, 0.15) is 0 Å². The van der Waals surface area contributed by atoms with Crippen molar-refractivity contribution in [1.82, 2.24) is 15.2 Å². The fraction of sp³-hybridized carbons (Fsp3) is 0.444. The van der Waals surface area contributed by atoms with E-state index in [1.807, 2.05) is 48.0 Å². The fourth-order valence-electron chi connectivity index (χ4n) is 3.49. The lowest BCUT2D eigenvalue weighted by Crippen LogP contribution is -2.45. The van der Waals surface area contributed by atoms with Gasteiger partial charge in [-0.3, -0.25) is 4.79 Å². The van der Waals surface area contributed by atoms with Crippen LogP contribution in [-0.2, 0) is 6.54 Å². The Kier molecular flexibility index (Phi) is 5.14. The molecule has 2 aromatic rings. The number of aromatic nitrogens is 1. The molecule has 0 bridgehead atoms. The van der Waals surface area contributed by atoms with Gasteiger partial charge in [-0.25, -0.2) is 4.79 Å². The van der Waals surface area contributed by atoms with Gasteiger partial charge < -0.3 is 15.2 Å². The third-order valence-corrected chi connectivity index (χ3v) is 5.96. The molecule has 3 rings (SSSR count). The number of nitrogens with one attached hydrogen (secondary N) is 2. The van der Waals surface area contributed by atoms with Gasteiger partial charge in [0, 0.05) is 41.9 Å². The summed E-state index contributed by atoms with van der Waals surface area (Å²) >= 11 is 1.84.